The van der Waals surface area contributed by atoms with Gasteiger partial charge in [-0.2, -0.15) is 0 Å². The van der Waals surface area contributed by atoms with E-state index in [4.69, 9.17) is 17.3 Å². The summed E-state index contributed by atoms with van der Waals surface area (Å²) in [5, 5.41) is 0.867. The van der Waals surface area contributed by atoms with Crippen molar-refractivity contribution in [1.82, 2.24) is 0 Å². The van der Waals surface area contributed by atoms with Crippen molar-refractivity contribution in [1.29, 1.82) is 0 Å². The molecule has 0 amide bonds. The standard InChI is InChI=1S/C18H29ClN2/c1-4-14(20)12-16-17(19)6-5-7-18(16)21(15-8-9-15)11-10-13(2)3/h5-7,13-15H,4,8-12,20H2,1-3H3. The molecular formula is C18H29ClN2. The van der Waals surface area contributed by atoms with Gasteiger partial charge in [0.25, 0.3) is 0 Å². The van der Waals surface area contributed by atoms with Gasteiger partial charge in [0, 0.05) is 29.3 Å². The number of benzene rings is 1. The first kappa shape index (κ1) is 16.6. The Bertz CT molecular complexity index is 455. The van der Waals surface area contributed by atoms with Crippen LogP contribution < -0.4 is 10.6 Å². The van der Waals surface area contributed by atoms with Crippen LogP contribution in [0, 0.1) is 5.92 Å². The van der Waals surface area contributed by atoms with Gasteiger partial charge in [-0.15, -0.1) is 0 Å². The van der Waals surface area contributed by atoms with Crippen LogP contribution in [0.2, 0.25) is 5.02 Å². The van der Waals surface area contributed by atoms with Gasteiger partial charge in [-0.3, -0.25) is 0 Å². The minimum atomic E-state index is 0.190. The molecule has 0 spiro atoms. The summed E-state index contributed by atoms with van der Waals surface area (Å²) in [5.74, 6) is 0.729. The first-order valence-electron chi connectivity index (χ1n) is 8.32. The maximum Gasteiger partial charge on any atom is 0.0459 e. The summed E-state index contributed by atoms with van der Waals surface area (Å²) in [6.07, 6.45) is 5.70. The van der Waals surface area contributed by atoms with Gasteiger partial charge in [0.1, 0.15) is 0 Å². The Morgan fingerprint density at radius 3 is 2.62 bits per heavy atom. The second-order valence-electron chi connectivity index (χ2n) is 6.72. The van der Waals surface area contributed by atoms with Gasteiger partial charge in [0.15, 0.2) is 0 Å². The van der Waals surface area contributed by atoms with Gasteiger partial charge in [-0.05, 0) is 55.7 Å². The number of hydrogen-bond donors (Lipinski definition) is 1. The Balaban J connectivity index is 2.24. The lowest BCUT2D eigenvalue weighted by atomic mass is 10.0. The quantitative estimate of drug-likeness (QED) is 0.758. The molecule has 1 aliphatic carbocycles. The van der Waals surface area contributed by atoms with Crippen molar-refractivity contribution in [3.05, 3.63) is 28.8 Å². The fourth-order valence-corrected chi connectivity index (χ4v) is 2.95. The molecule has 2 rings (SSSR count). The van der Waals surface area contributed by atoms with Crippen LogP contribution in [0.15, 0.2) is 18.2 Å². The highest BCUT2D eigenvalue weighted by atomic mass is 35.5. The van der Waals surface area contributed by atoms with Crippen LogP contribution in [-0.2, 0) is 6.42 Å². The monoisotopic (exact) mass is 308 g/mol. The zero-order valence-electron chi connectivity index (χ0n) is 13.6. The van der Waals surface area contributed by atoms with Gasteiger partial charge in [0.2, 0.25) is 0 Å². The lowest BCUT2D eigenvalue weighted by Gasteiger charge is -2.29. The molecule has 0 saturated heterocycles. The number of anilines is 1. The molecule has 0 bridgehead atoms. The van der Waals surface area contributed by atoms with Gasteiger partial charge in [0.05, 0.1) is 0 Å². The first-order chi connectivity index (χ1) is 10.0. The smallest absolute Gasteiger partial charge is 0.0459 e. The normalized spacial score (nSPS) is 16.3. The number of nitrogens with two attached hydrogens (primary N) is 1. The minimum Gasteiger partial charge on any atom is -0.368 e. The number of nitrogens with zero attached hydrogens (tertiary/aromatic N) is 1. The maximum atomic E-state index is 6.48. The van der Waals surface area contributed by atoms with Crippen molar-refractivity contribution in [3.8, 4) is 0 Å². The molecule has 3 heteroatoms. The van der Waals surface area contributed by atoms with Crippen molar-refractivity contribution in [2.24, 2.45) is 11.7 Å². The number of halogens is 1. The molecule has 1 fully saturated rings. The van der Waals surface area contributed by atoms with Crippen LogP contribution in [-0.4, -0.2) is 18.6 Å². The number of rotatable bonds is 8. The van der Waals surface area contributed by atoms with E-state index in [1.165, 1.54) is 30.5 Å². The van der Waals surface area contributed by atoms with Gasteiger partial charge < -0.3 is 10.6 Å². The third-order valence-corrected chi connectivity index (χ3v) is 4.68. The average molecular weight is 309 g/mol. The summed E-state index contributed by atoms with van der Waals surface area (Å²) < 4.78 is 0. The molecule has 0 heterocycles. The highest BCUT2D eigenvalue weighted by molar-refractivity contribution is 6.31. The van der Waals surface area contributed by atoms with Crippen LogP contribution in [0.3, 0.4) is 0 Å². The molecule has 1 aromatic carbocycles. The molecule has 1 aliphatic rings. The molecule has 1 unspecified atom stereocenters. The van der Waals surface area contributed by atoms with Crippen molar-refractivity contribution < 1.29 is 0 Å². The summed E-state index contributed by atoms with van der Waals surface area (Å²) in [5.41, 5.74) is 8.73. The van der Waals surface area contributed by atoms with E-state index in [1.54, 1.807) is 0 Å². The highest BCUT2D eigenvalue weighted by Gasteiger charge is 2.30. The zero-order valence-corrected chi connectivity index (χ0v) is 14.4. The highest BCUT2D eigenvalue weighted by Crippen LogP contribution is 2.37. The average Bonchev–Trinajstić information content (AvgIpc) is 3.26. The second-order valence-corrected chi connectivity index (χ2v) is 7.12. The lowest BCUT2D eigenvalue weighted by Crippen LogP contribution is -2.30. The molecule has 0 aromatic heterocycles. The Morgan fingerprint density at radius 1 is 1.33 bits per heavy atom. The van der Waals surface area contributed by atoms with E-state index in [-0.39, 0.29) is 6.04 Å². The predicted molar refractivity (Wildman–Crippen MR) is 93.2 cm³/mol. The van der Waals surface area contributed by atoms with Crippen molar-refractivity contribution in [3.63, 3.8) is 0 Å². The third-order valence-electron chi connectivity index (χ3n) is 4.33. The van der Waals surface area contributed by atoms with E-state index in [0.29, 0.717) is 6.04 Å². The largest absolute Gasteiger partial charge is 0.368 e. The van der Waals surface area contributed by atoms with E-state index < -0.39 is 0 Å². The fraction of sp³-hybridized carbons (Fsp3) is 0.667. The summed E-state index contributed by atoms with van der Waals surface area (Å²) in [4.78, 5) is 2.57. The van der Waals surface area contributed by atoms with E-state index in [1.807, 2.05) is 6.07 Å². The predicted octanol–water partition coefficient (Wildman–Crippen LogP) is 4.63. The van der Waals surface area contributed by atoms with Crippen molar-refractivity contribution >= 4 is 17.3 Å². The third kappa shape index (κ3) is 4.62. The zero-order chi connectivity index (χ0) is 15.4. The molecule has 118 valence electrons. The topological polar surface area (TPSA) is 29.3 Å². The van der Waals surface area contributed by atoms with Crippen molar-refractivity contribution in [2.75, 3.05) is 11.4 Å². The van der Waals surface area contributed by atoms with Gasteiger partial charge in [-0.25, -0.2) is 0 Å². The van der Waals surface area contributed by atoms with Crippen LogP contribution in [0.25, 0.3) is 0 Å². The Morgan fingerprint density at radius 2 is 2.05 bits per heavy atom. The molecule has 0 aliphatic heterocycles. The van der Waals surface area contributed by atoms with Crippen molar-refractivity contribution in [2.45, 2.75) is 65.0 Å². The van der Waals surface area contributed by atoms with Gasteiger partial charge in [-0.1, -0.05) is 38.4 Å². The summed E-state index contributed by atoms with van der Waals surface area (Å²) >= 11 is 6.48. The van der Waals surface area contributed by atoms with Gasteiger partial charge >= 0.3 is 0 Å². The van der Waals surface area contributed by atoms with Crippen LogP contribution in [0.5, 0.6) is 0 Å². The van der Waals surface area contributed by atoms with E-state index in [0.717, 1.165) is 30.3 Å². The number of hydrogen-bond acceptors (Lipinski definition) is 2. The van der Waals surface area contributed by atoms with E-state index >= 15 is 0 Å². The van der Waals surface area contributed by atoms with E-state index in [2.05, 4.69) is 37.8 Å². The minimum absolute atomic E-state index is 0.190. The van der Waals surface area contributed by atoms with Crippen LogP contribution >= 0.6 is 11.6 Å². The van der Waals surface area contributed by atoms with Crippen LogP contribution in [0.1, 0.15) is 52.0 Å². The molecular weight excluding hydrogens is 280 g/mol. The summed E-state index contributed by atoms with van der Waals surface area (Å²) in [6.45, 7) is 7.84. The molecule has 21 heavy (non-hydrogen) atoms. The van der Waals surface area contributed by atoms with Crippen LogP contribution in [0.4, 0.5) is 5.69 Å². The summed E-state index contributed by atoms with van der Waals surface area (Å²) in [7, 11) is 0. The molecule has 2 nitrogen and oxygen atoms in total. The second kappa shape index (κ2) is 7.51. The molecule has 1 atom stereocenters. The molecule has 0 radical (unpaired) electrons. The first-order valence-corrected chi connectivity index (χ1v) is 8.70. The molecule has 1 saturated carbocycles. The molecule has 1 aromatic rings. The molecule has 2 N–H and O–H groups in total. The van der Waals surface area contributed by atoms with E-state index in [9.17, 15) is 0 Å². The SMILES string of the molecule is CCC(N)Cc1c(Cl)cccc1N(CCC(C)C)C1CC1. The Hall–Kier alpha value is -0.730. The fourth-order valence-electron chi connectivity index (χ4n) is 2.71. The summed E-state index contributed by atoms with van der Waals surface area (Å²) in [6, 6.07) is 7.19. The Kier molecular flexibility index (Phi) is 5.95. The maximum absolute atomic E-state index is 6.48. The Labute approximate surface area is 134 Å². The lowest BCUT2D eigenvalue weighted by molar-refractivity contribution is 0.568.